The first-order valence-electron chi connectivity index (χ1n) is 4.42. The Hall–Kier alpha value is -0.620. The van der Waals surface area contributed by atoms with Gasteiger partial charge in [-0.3, -0.25) is 5.41 Å². The van der Waals surface area contributed by atoms with Gasteiger partial charge in [-0.1, -0.05) is 25.6 Å². The molecule has 1 heterocycles. The van der Waals surface area contributed by atoms with Gasteiger partial charge in [-0.2, -0.15) is 4.37 Å². The summed E-state index contributed by atoms with van der Waals surface area (Å²) >= 11 is 3.04. The van der Waals surface area contributed by atoms with Gasteiger partial charge in [0.05, 0.1) is 5.84 Å². The molecule has 0 aliphatic rings. The van der Waals surface area contributed by atoms with Crippen LogP contribution in [0.2, 0.25) is 0 Å². The molecule has 78 valence electrons. The number of thioether (sulfide) groups is 1. The Bertz CT molecular complexity index is 310. The summed E-state index contributed by atoms with van der Waals surface area (Å²) in [6, 6.07) is 0. The van der Waals surface area contributed by atoms with E-state index < -0.39 is 0 Å². The summed E-state index contributed by atoms with van der Waals surface area (Å²) in [5, 5.41) is 7.24. The fourth-order valence-electron chi connectivity index (χ4n) is 0.726. The summed E-state index contributed by atoms with van der Waals surface area (Å²) in [5.41, 5.74) is 5.37. The van der Waals surface area contributed by atoms with Crippen LogP contribution in [0.3, 0.4) is 0 Å². The van der Waals surface area contributed by atoms with Crippen LogP contribution in [-0.2, 0) is 6.42 Å². The Kier molecular flexibility index (Phi) is 4.34. The second-order valence-corrected chi connectivity index (χ2v) is 5.02. The summed E-state index contributed by atoms with van der Waals surface area (Å²) in [5.74, 6) is 2.04. The topological polar surface area (TPSA) is 75.7 Å². The molecule has 1 aromatic heterocycles. The van der Waals surface area contributed by atoms with E-state index in [0.717, 1.165) is 22.3 Å². The van der Waals surface area contributed by atoms with Gasteiger partial charge in [-0.15, -0.1) is 0 Å². The summed E-state index contributed by atoms with van der Waals surface area (Å²) in [6.07, 6.45) is 0.874. The lowest BCUT2D eigenvalue weighted by Gasteiger charge is -2.05. The lowest BCUT2D eigenvalue weighted by atomic mass is 10.2. The molecule has 3 N–H and O–H groups in total. The van der Waals surface area contributed by atoms with Gasteiger partial charge in [-0.25, -0.2) is 4.98 Å². The predicted octanol–water partition coefficient (Wildman–Crippen LogP) is 1.76. The van der Waals surface area contributed by atoms with Gasteiger partial charge in [0, 0.05) is 18.1 Å². The van der Waals surface area contributed by atoms with Crippen LogP contribution >= 0.6 is 23.3 Å². The van der Waals surface area contributed by atoms with E-state index in [9.17, 15) is 0 Å². The van der Waals surface area contributed by atoms with Crippen LogP contribution in [0.1, 0.15) is 19.7 Å². The van der Waals surface area contributed by atoms with E-state index in [4.69, 9.17) is 11.1 Å². The Morgan fingerprint density at radius 2 is 2.43 bits per heavy atom. The summed E-state index contributed by atoms with van der Waals surface area (Å²) in [7, 11) is 0. The summed E-state index contributed by atoms with van der Waals surface area (Å²) in [6.45, 7) is 3.98. The van der Waals surface area contributed by atoms with Crippen molar-refractivity contribution in [1.82, 2.24) is 9.36 Å². The molecule has 1 aromatic rings. The third-order valence-corrected chi connectivity index (χ3v) is 3.88. The average Bonchev–Trinajstić information content (AvgIpc) is 2.61. The van der Waals surface area contributed by atoms with Gasteiger partial charge in [0.15, 0.2) is 4.34 Å². The first-order valence-corrected chi connectivity index (χ1v) is 6.18. The van der Waals surface area contributed by atoms with E-state index in [1.807, 2.05) is 13.8 Å². The molecule has 0 aliphatic heterocycles. The standard InChI is InChI=1S/C8H14N4S2/c1-3-6-11-8(14-12-6)13-4-5(2)7(9)10/h5H,3-4H2,1-2H3,(H3,9,10). The monoisotopic (exact) mass is 230 g/mol. The highest BCUT2D eigenvalue weighted by atomic mass is 32.2. The molecular weight excluding hydrogens is 216 g/mol. The predicted molar refractivity (Wildman–Crippen MR) is 61.1 cm³/mol. The molecule has 0 bridgehead atoms. The number of nitrogens with zero attached hydrogens (tertiary/aromatic N) is 2. The molecule has 0 radical (unpaired) electrons. The number of amidine groups is 1. The van der Waals surface area contributed by atoms with Gasteiger partial charge in [0.2, 0.25) is 0 Å². The molecule has 4 nitrogen and oxygen atoms in total. The molecule has 14 heavy (non-hydrogen) atoms. The van der Waals surface area contributed by atoms with Crippen LogP contribution in [-0.4, -0.2) is 20.9 Å². The Morgan fingerprint density at radius 3 is 2.93 bits per heavy atom. The van der Waals surface area contributed by atoms with E-state index in [0.29, 0.717) is 0 Å². The molecule has 6 heteroatoms. The second-order valence-electron chi connectivity index (χ2n) is 3.00. The van der Waals surface area contributed by atoms with Gasteiger partial charge in [0.1, 0.15) is 5.82 Å². The maximum absolute atomic E-state index is 7.24. The van der Waals surface area contributed by atoms with E-state index >= 15 is 0 Å². The highest BCUT2D eigenvalue weighted by Crippen LogP contribution is 2.22. The zero-order valence-electron chi connectivity index (χ0n) is 8.28. The molecule has 0 saturated carbocycles. The normalized spacial score (nSPS) is 12.7. The molecule has 0 aromatic carbocycles. The molecule has 1 rings (SSSR count). The minimum Gasteiger partial charge on any atom is -0.387 e. The summed E-state index contributed by atoms with van der Waals surface area (Å²) < 4.78 is 5.15. The first-order chi connectivity index (χ1) is 6.63. The number of hydrogen-bond donors (Lipinski definition) is 2. The van der Waals surface area contributed by atoms with Crippen molar-refractivity contribution >= 4 is 29.1 Å². The summed E-state index contributed by atoms with van der Waals surface area (Å²) in [4.78, 5) is 4.32. The van der Waals surface area contributed by atoms with Crippen molar-refractivity contribution in [1.29, 1.82) is 5.41 Å². The molecule has 0 saturated heterocycles. The van der Waals surface area contributed by atoms with Crippen molar-refractivity contribution in [2.75, 3.05) is 5.75 Å². The van der Waals surface area contributed by atoms with Gasteiger partial charge in [0.25, 0.3) is 0 Å². The third-order valence-electron chi connectivity index (χ3n) is 1.75. The number of nitrogens with two attached hydrogens (primary N) is 1. The third kappa shape index (κ3) is 3.26. The van der Waals surface area contributed by atoms with Crippen molar-refractivity contribution in [3.63, 3.8) is 0 Å². The van der Waals surface area contributed by atoms with E-state index in [1.54, 1.807) is 11.8 Å². The maximum Gasteiger partial charge on any atom is 0.170 e. The van der Waals surface area contributed by atoms with Crippen LogP contribution in [0.4, 0.5) is 0 Å². The van der Waals surface area contributed by atoms with Crippen molar-refractivity contribution in [2.45, 2.75) is 24.6 Å². The maximum atomic E-state index is 7.24. The number of nitrogens with one attached hydrogen (secondary N) is 1. The van der Waals surface area contributed by atoms with Crippen molar-refractivity contribution in [2.24, 2.45) is 11.7 Å². The van der Waals surface area contributed by atoms with Gasteiger partial charge >= 0.3 is 0 Å². The highest BCUT2D eigenvalue weighted by molar-refractivity contribution is 8.00. The van der Waals surface area contributed by atoms with Gasteiger partial charge < -0.3 is 5.73 Å². The molecule has 0 amide bonds. The van der Waals surface area contributed by atoms with E-state index in [1.165, 1.54) is 11.5 Å². The zero-order chi connectivity index (χ0) is 10.6. The number of rotatable bonds is 5. The molecular formula is C8H14N4S2. The smallest absolute Gasteiger partial charge is 0.170 e. The van der Waals surface area contributed by atoms with Crippen LogP contribution in [0.25, 0.3) is 0 Å². The lowest BCUT2D eigenvalue weighted by Crippen LogP contribution is -2.21. The number of aryl methyl sites for hydroxylation is 1. The highest BCUT2D eigenvalue weighted by Gasteiger charge is 2.08. The van der Waals surface area contributed by atoms with E-state index in [-0.39, 0.29) is 11.8 Å². The van der Waals surface area contributed by atoms with Crippen LogP contribution in [0, 0.1) is 11.3 Å². The zero-order valence-corrected chi connectivity index (χ0v) is 9.91. The van der Waals surface area contributed by atoms with Crippen molar-refractivity contribution in [3.05, 3.63) is 5.82 Å². The SMILES string of the molecule is CCc1nsc(SCC(C)C(=N)N)n1. The Balaban J connectivity index is 2.41. The molecule has 0 fully saturated rings. The lowest BCUT2D eigenvalue weighted by molar-refractivity contribution is 0.877. The second kappa shape index (κ2) is 5.31. The van der Waals surface area contributed by atoms with Crippen LogP contribution in [0.5, 0.6) is 0 Å². The first kappa shape index (κ1) is 11.5. The fraction of sp³-hybridized carbons (Fsp3) is 0.625. The Labute approximate surface area is 92.0 Å². The Morgan fingerprint density at radius 1 is 1.71 bits per heavy atom. The van der Waals surface area contributed by atoms with Gasteiger partial charge in [-0.05, 0) is 11.5 Å². The number of aromatic nitrogens is 2. The van der Waals surface area contributed by atoms with Crippen LogP contribution < -0.4 is 5.73 Å². The minimum atomic E-state index is 0.106. The largest absolute Gasteiger partial charge is 0.387 e. The number of hydrogen-bond acceptors (Lipinski definition) is 5. The molecule has 0 spiro atoms. The molecule has 1 unspecified atom stereocenters. The minimum absolute atomic E-state index is 0.106. The van der Waals surface area contributed by atoms with E-state index in [2.05, 4.69) is 9.36 Å². The average molecular weight is 230 g/mol. The van der Waals surface area contributed by atoms with Crippen molar-refractivity contribution in [3.8, 4) is 0 Å². The quantitative estimate of drug-likeness (QED) is 0.459. The molecule has 1 atom stereocenters. The fourth-order valence-corrected chi connectivity index (χ4v) is 2.49. The molecule has 0 aliphatic carbocycles. The van der Waals surface area contributed by atoms with Crippen molar-refractivity contribution < 1.29 is 0 Å². The van der Waals surface area contributed by atoms with Crippen LogP contribution in [0.15, 0.2) is 4.34 Å².